The van der Waals surface area contributed by atoms with Crippen LogP contribution in [0.1, 0.15) is 140 Å². The Morgan fingerprint density at radius 2 is 1.16 bits per heavy atom. The van der Waals surface area contributed by atoms with Crippen LogP contribution >= 0.6 is 11.3 Å². The zero-order valence-corrected chi connectivity index (χ0v) is 43.1. The average Bonchev–Trinajstić information content (AvgIpc) is 3.97. The summed E-state index contributed by atoms with van der Waals surface area (Å²) in [6, 6.07) is 48.5. The van der Waals surface area contributed by atoms with Gasteiger partial charge in [0.05, 0.1) is 22.1 Å². The van der Waals surface area contributed by atoms with Crippen molar-refractivity contribution < 1.29 is 4.42 Å². The fourth-order valence-electron chi connectivity index (χ4n) is 10.8. The van der Waals surface area contributed by atoms with Crippen LogP contribution < -0.4 is 10.2 Å². The van der Waals surface area contributed by atoms with E-state index >= 15 is 0 Å². The van der Waals surface area contributed by atoms with Crippen LogP contribution in [0.3, 0.4) is 0 Å². The number of para-hydroxylation sites is 1. The topological polar surface area (TPSA) is 18.1 Å². The van der Waals surface area contributed by atoms with Crippen LogP contribution in [0.4, 0.5) is 0 Å². The van der Waals surface area contributed by atoms with Gasteiger partial charge in [0.2, 0.25) is 7.28 Å². The summed E-state index contributed by atoms with van der Waals surface area (Å²) >= 11 is 1.91. The van der Waals surface area contributed by atoms with Gasteiger partial charge in [-0.1, -0.05) is 188 Å². The first kappa shape index (κ1) is 44.4. The van der Waals surface area contributed by atoms with Crippen molar-refractivity contribution in [2.75, 3.05) is 0 Å². The third-order valence-corrected chi connectivity index (χ3v) is 16.1. The van der Waals surface area contributed by atoms with Crippen molar-refractivity contribution in [3.05, 3.63) is 178 Å². The maximum absolute atomic E-state index is 7.29. The molecule has 11 rings (SSSR count). The molecule has 0 saturated carbocycles. The summed E-state index contributed by atoms with van der Waals surface area (Å²) in [5.41, 5.74) is 20.4. The third kappa shape index (κ3) is 7.03. The molecule has 7 aromatic carbocycles. The minimum atomic E-state index is -0.0431. The van der Waals surface area contributed by atoms with E-state index < -0.39 is 0 Å². The van der Waals surface area contributed by atoms with Crippen LogP contribution in [0.25, 0.3) is 76.2 Å². The molecule has 1 aliphatic heterocycles. The number of rotatable bonds is 5. The van der Waals surface area contributed by atoms with Crippen molar-refractivity contribution in [1.29, 1.82) is 0 Å². The maximum atomic E-state index is 7.29. The van der Waals surface area contributed by atoms with Crippen LogP contribution in [0.2, 0.25) is 0 Å². The molecule has 339 valence electrons. The van der Waals surface area contributed by atoms with E-state index in [0.717, 1.165) is 38.6 Å². The Labute approximate surface area is 408 Å². The summed E-state index contributed by atoms with van der Waals surface area (Å²) in [5.74, 6) is 0.0861. The highest BCUT2D eigenvalue weighted by Crippen LogP contribution is 2.49. The normalized spacial score (nSPS) is 13.8. The molecule has 4 heterocycles. The molecule has 1 aliphatic rings. The van der Waals surface area contributed by atoms with Crippen LogP contribution in [0, 0.1) is 0 Å². The molecule has 2 nitrogen and oxygen atoms in total. The smallest absolute Gasteiger partial charge is 0.211 e. The van der Waals surface area contributed by atoms with Gasteiger partial charge in [0, 0.05) is 32.2 Å². The lowest BCUT2D eigenvalue weighted by Crippen LogP contribution is -2.35. The molecule has 0 bridgehead atoms. The van der Waals surface area contributed by atoms with E-state index in [-0.39, 0.29) is 27.6 Å². The van der Waals surface area contributed by atoms with E-state index in [4.69, 9.17) is 11.0 Å². The van der Waals surface area contributed by atoms with Crippen molar-refractivity contribution in [1.82, 2.24) is 4.57 Å². The van der Waals surface area contributed by atoms with E-state index in [1.165, 1.54) is 92.3 Å². The summed E-state index contributed by atoms with van der Waals surface area (Å²) in [6.45, 7) is 34.8. The predicted octanol–water partition coefficient (Wildman–Crippen LogP) is 16.9. The first-order chi connectivity index (χ1) is 32.1. The van der Waals surface area contributed by atoms with E-state index in [1.54, 1.807) is 0 Å². The van der Waals surface area contributed by atoms with Crippen molar-refractivity contribution in [3.63, 3.8) is 0 Å². The van der Waals surface area contributed by atoms with Crippen molar-refractivity contribution in [2.24, 2.45) is 0 Å². The van der Waals surface area contributed by atoms with Gasteiger partial charge < -0.3 is 8.98 Å². The molecule has 0 amide bonds. The molecule has 0 N–H and O–H groups in total. The highest BCUT2D eigenvalue weighted by Gasteiger charge is 2.35. The molecule has 3 aromatic heterocycles. The Kier molecular flexibility index (Phi) is 9.93. The Morgan fingerprint density at radius 1 is 0.588 bits per heavy atom. The molecule has 10 aromatic rings. The monoisotopic (exact) mass is 904 g/mol. The summed E-state index contributed by atoms with van der Waals surface area (Å²) in [7, 11) is 2.53. The largest absolute Gasteiger partial charge is 0.455 e. The van der Waals surface area contributed by atoms with Crippen LogP contribution in [-0.4, -0.2) is 11.8 Å². The Morgan fingerprint density at radius 3 is 1.81 bits per heavy atom. The standard InChI is InChI=1S/C64H63BNOS/c1-36(38-19-24-41(25-20-38)61(3,4)5)40-23-30-45(37(2)39-21-26-42(27-22-39)62(6,7)8)47(33-40)53-54-46-17-15-16-18-51(46)67-59(54)55-48-34-43(63(9,10)11)28-31-50(48)66-57-49-35-44(64(12,13)14)29-32-52(49)68-60(57)65-56(53)58(55)66/h15-35,37H,1H2,2-14H3. The van der Waals surface area contributed by atoms with Crippen molar-refractivity contribution in [3.8, 4) is 16.8 Å². The molecule has 68 heavy (non-hydrogen) atoms. The summed E-state index contributed by atoms with van der Waals surface area (Å²) < 4.78 is 12.5. The maximum Gasteiger partial charge on any atom is 0.211 e. The minimum absolute atomic E-state index is 0.00636. The molecule has 0 saturated heterocycles. The van der Waals surface area contributed by atoms with Gasteiger partial charge in [-0.25, -0.2) is 0 Å². The SMILES string of the molecule is C=C(c1ccc(C(C)(C)C)cc1)c1ccc(C(C)c2ccc(C(C)(C)C)cc2)c(-c2c3c4c(c5cc(C(C)(C)C)ccc5n4-c4c(sc5ccc(C(C)(C)C)cc45)[B]3)c3oc4ccccc4c23)c1. The summed E-state index contributed by atoms with van der Waals surface area (Å²) in [4.78, 5) is 0. The summed E-state index contributed by atoms with van der Waals surface area (Å²) in [6.07, 6.45) is 0. The Bertz CT molecular complexity index is 3690. The van der Waals surface area contributed by atoms with Crippen LogP contribution in [-0.2, 0) is 21.7 Å². The summed E-state index contributed by atoms with van der Waals surface area (Å²) in [5, 5.41) is 5.99. The predicted molar refractivity (Wildman–Crippen MR) is 297 cm³/mol. The molecule has 1 unspecified atom stereocenters. The zero-order chi connectivity index (χ0) is 48.0. The van der Waals surface area contributed by atoms with E-state index in [9.17, 15) is 0 Å². The second kappa shape index (κ2) is 15.2. The number of furan rings is 1. The molecule has 0 aliphatic carbocycles. The lowest BCUT2D eigenvalue weighted by Gasteiger charge is -2.26. The molecular formula is C64H63BNOS. The van der Waals surface area contributed by atoms with Gasteiger partial charge in [-0.05, 0) is 130 Å². The Hall–Kier alpha value is -6.10. The van der Waals surface area contributed by atoms with Gasteiger partial charge in [0.1, 0.15) is 11.2 Å². The molecular weight excluding hydrogens is 842 g/mol. The average molecular weight is 905 g/mol. The third-order valence-electron chi connectivity index (χ3n) is 15.0. The van der Waals surface area contributed by atoms with Gasteiger partial charge in [0.25, 0.3) is 0 Å². The van der Waals surface area contributed by atoms with E-state index in [0.29, 0.717) is 0 Å². The molecule has 4 heteroatoms. The second-order valence-electron chi connectivity index (χ2n) is 23.8. The zero-order valence-electron chi connectivity index (χ0n) is 42.2. The molecule has 0 fully saturated rings. The first-order valence-electron chi connectivity index (χ1n) is 24.5. The number of aromatic nitrogens is 1. The van der Waals surface area contributed by atoms with Crippen molar-refractivity contribution >= 4 is 88.3 Å². The minimum Gasteiger partial charge on any atom is -0.455 e. The number of nitrogens with zero attached hydrogens (tertiary/aromatic N) is 1. The highest BCUT2D eigenvalue weighted by molar-refractivity contribution is 7.29. The van der Waals surface area contributed by atoms with Gasteiger partial charge in [-0.2, -0.15) is 0 Å². The van der Waals surface area contributed by atoms with Gasteiger partial charge in [0.15, 0.2) is 0 Å². The molecule has 1 radical (unpaired) electrons. The fraction of sp³-hybridized carbons (Fsp3) is 0.281. The quantitative estimate of drug-likeness (QED) is 0.157. The van der Waals surface area contributed by atoms with Gasteiger partial charge >= 0.3 is 0 Å². The number of hydrogen-bond donors (Lipinski definition) is 0. The van der Waals surface area contributed by atoms with Crippen LogP contribution in [0.5, 0.6) is 0 Å². The van der Waals surface area contributed by atoms with Gasteiger partial charge in [-0.15, -0.1) is 11.3 Å². The number of benzene rings is 7. The molecule has 1 atom stereocenters. The van der Waals surface area contributed by atoms with E-state index in [1.807, 2.05) is 11.3 Å². The lowest BCUT2D eigenvalue weighted by molar-refractivity contribution is 0.589. The number of thiophene rings is 1. The second-order valence-corrected chi connectivity index (χ2v) is 24.8. The fourth-order valence-corrected chi connectivity index (χ4v) is 11.9. The highest BCUT2D eigenvalue weighted by atomic mass is 32.1. The van der Waals surface area contributed by atoms with E-state index in [2.05, 4.69) is 229 Å². The first-order valence-corrected chi connectivity index (χ1v) is 25.3. The number of fused-ring (bicyclic) bond motifs is 11. The van der Waals surface area contributed by atoms with Gasteiger partial charge in [-0.3, -0.25) is 0 Å². The number of hydrogen-bond acceptors (Lipinski definition) is 2. The lowest BCUT2D eigenvalue weighted by atomic mass is 9.62. The van der Waals surface area contributed by atoms with Crippen molar-refractivity contribution in [2.45, 2.75) is 118 Å². The van der Waals surface area contributed by atoms with Crippen LogP contribution in [0.15, 0.2) is 138 Å². The Balaban J connectivity index is 1.28. The molecule has 0 spiro atoms.